The molecule has 0 nitrogen and oxygen atoms in total. The highest BCUT2D eigenvalue weighted by Gasteiger charge is 2.50. The number of rotatable bonds is 1. The Balaban J connectivity index is 2.86. The Bertz CT molecular complexity index is 214. The van der Waals surface area contributed by atoms with Gasteiger partial charge in [0.15, 0.2) is 0 Å². The SMILES string of the molecule is CC(C)[C@]1(Br)C[C@H](Br)[C@@](C)(Br)C[C@@H]1Br. The minimum atomic E-state index is 0.202. The molecular formula is C10H16Br4. The lowest BCUT2D eigenvalue weighted by Crippen LogP contribution is -2.51. The van der Waals surface area contributed by atoms with E-state index in [1.807, 2.05) is 0 Å². The van der Waals surface area contributed by atoms with Crippen molar-refractivity contribution in [3.05, 3.63) is 0 Å². The second kappa shape index (κ2) is 4.66. The third-order valence-corrected chi connectivity index (χ3v) is 9.58. The quantitative estimate of drug-likeness (QED) is 0.474. The summed E-state index contributed by atoms with van der Waals surface area (Å²) in [6, 6.07) is 0. The van der Waals surface area contributed by atoms with Crippen molar-refractivity contribution in [2.45, 2.75) is 51.9 Å². The van der Waals surface area contributed by atoms with Gasteiger partial charge in [-0.05, 0) is 25.7 Å². The van der Waals surface area contributed by atoms with Crippen molar-refractivity contribution in [1.29, 1.82) is 0 Å². The second-order valence-electron chi connectivity index (χ2n) is 4.70. The average molecular weight is 456 g/mol. The van der Waals surface area contributed by atoms with Crippen molar-refractivity contribution in [2.75, 3.05) is 0 Å². The molecule has 0 heterocycles. The molecule has 0 aromatic carbocycles. The van der Waals surface area contributed by atoms with Crippen molar-refractivity contribution in [1.82, 2.24) is 0 Å². The monoisotopic (exact) mass is 452 g/mol. The lowest BCUT2D eigenvalue weighted by Gasteiger charge is -2.48. The van der Waals surface area contributed by atoms with Gasteiger partial charge in [0.25, 0.3) is 0 Å². The van der Waals surface area contributed by atoms with E-state index in [0.29, 0.717) is 15.6 Å². The highest BCUT2D eigenvalue weighted by Crippen LogP contribution is 2.53. The van der Waals surface area contributed by atoms with Gasteiger partial charge in [-0.3, -0.25) is 0 Å². The first-order valence-corrected chi connectivity index (χ1v) is 8.28. The second-order valence-corrected chi connectivity index (χ2v) is 10.2. The molecule has 14 heavy (non-hydrogen) atoms. The molecule has 1 aliphatic carbocycles. The smallest absolute Gasteiger partial charge is 0.0417 e. The molecule has 4 heteroatoms. The standard InChI is InChI=1S/C10H16Br4/c1-6(2)10(14)5-7(11)9(3,13)4-8(10)12/h6-8H,4-5H2,1-3H3/t7-,8-,9-,10+/m0/s1. The first kappa shape index (κ1) is 14.0. The molecule has 1 fully saturated rings. The zero-order valence-corrected chi connectivity index (χ0v) is 15.0. The van der Waals surface area contributed by atoms with E-state index >= 15 is 0 Å². The summed E-state index contributed by atoms with van der Waals surface area (Å²) >= 11 is 15.3. The van der Waals surface area contributed by atoms with Crippen LogP contribution in [0.4, 0.5) is 0 Å². The molecule has 0 N–H and O–H groups in total. The van der Waals surface area contributed by atoms with E-state index in [1.165, 1.54) is 0 Å². The Morgan fingerprint density at radius 1 is 1.07 bits per heavy atom. The van der Waals surface area contributed by atoms with Gasteiger partial charge in [0.05, 0.1) is 0 Å². The number of hydrogen-bond acceptors (Lipinski definition) is 0. The van der Waals surface area contributed by atoms with Crippen LogP contribution in [-0.4, -0.2) is 18.3 Å². The summed E-state index contributed by atoms with van der Waals surface area (Å²) in [6.45, 7) is 6.81. The average Bonchev–Trinajstić information content (AvgIpc) is 2.00. The maximum Gasteiger partial charge on any atom is 0.0417 e. The summed E-state index contributed by atoms with van der Waals surface area (Å²) < 4.78 is 0.418. The molecule has 0 aromatic heterocycles. The van der Waals surface area contributed by atoms with Gasteiger partial charge >= 0.3 is 0 Å². The molecule has 84 valence electrons. The topological polar surface area (TPSA) is 0 Å². The molecule has 1 rings (SSSR count). The Morgan fingerprint density at radius 3 is 2.00 bits per heavy atom. The van der Waals surface area contributed by atoms with Crippen LogP contribution in [-0.2, 0) is 0 Å². The molecule has 0 amide bonds. The third kappa shape index (κ3) is 2.60. The molecule has 0 unspecified atom stereocenters. The van der Waals surface area contributed by atoms with Gasteiger partial charge in [-0.1, -0.05) is 77.6 Å². The van der Waals surface area contributed by atoms with Crippen LogP contribution < -0.4 is 0 Å². The van der Waals surface area contributed by atoms with Gasteiger partial charge in [0.2, 0.25) is 0 Å². The normalized spacial score (nSPS) is 49.7. The Kier molecular flexibility index (Phi) is 4.65. The van der Waals surface area contributed by atoms with E-state index in [-0.39, 0.29) is 8.65 Å². The van der Waals surface area contributed by atoms with E-state index in [9.17, 15) is 0 Å². The largest absolute Gasteiger partial charge is 0.0875 e. The maximum absolute atomic E-state index is 3.92. The van der Waals surface area contributed by atoms with Crippen molar-refractivity contribution < 1.29 is 0 Å². The summed E-state index contributed by atoms with van der Waals surface area (Å²) in [5, 5.41) is 0. The van der Waals surface area contributed by atoms with E-state index in [4.69, 9.17) is 0 Å². The van der Waals surface area contributed by atoms with E-state index in [2.05, 4.69) is 84.5 Å². The van der Waals surface area contributed by atoms with Gasteiger partial charge in [-0.2, -0.15) is 0 Å². The Morgan fingerprint density at radius 2 is 1.57 bits per heavy atom. The molecule has 4 atom stereocenters. The molecule has 0 spiro atoms. The Hall–Kier alpha value is 1.92. The predicted octanol–water partition coefficient (Wildman–Crippen LogP) is 5.25. The zero-order valence-electron chi connectivity index (χ0n) is 8.66. The van der Waals surface area contributed by atoms with Crippen LogP contribution in [0.25, 0.3) is 0 Å². The van der Waals surface area contributed by atoms with Crippen molar-refractivity contribution in [3.8, 4) is 0 Å². The minimum absolute atomic E-state index is 0.202. The van der Waals surface area contributed by atoms with Crippen LogP contribution in [0.2, 0.25) is 0 Å². The zero-order chi connectivity index (χ0) is 11.1. The molecule has 1 saturated carbocycles. The molecule has 0 saturated heterocycles. The first-order valence-electron chi connectivity index (χ1n) is 4.86. The molecule has 1 aliphatic rings. The van der Waals surface area contributed by atoms with Crippen LogP contribution in [0.3, 0.4) is 0 Å². The summed E-state index contributed by atoms with van der Waals surface area (Å²) in [4.78, 5) is 1.04. The van der Waals surface area contributed by atoms with Gasteiger partial charge in [0.1, 0.15) is 0 Å². The maximum atomic E-state index is 3.92. The van der Waals surface area contributed by atoms with Gasteiger partial charge < -0.3 is 0 Å². The van der Waals surface area contributed by atoms with Crippen LogP contribution in [0.15, 0.2) is 0 Å². The van der Waals surface area contributed by atoms with E-state index in [0.717, 1.165) is 12.8 Å². The molecule has 0 aliphatic heterocycles. The lowest BCUT2D eigenvalue weighted by atomic mass is 9.77. The fourth-order valence-corrected chi connectivity index (χ4v) is 5.81. The molecule has 0 aromatic rings. The summed E-state index contributed by atoms with van der Waals surface area (Å²) in [5.74, 6) is 0.635. The van der Waals surface area contributed by atoms with Crippen molar-refractivity contribution in [2.24, 2.45) is 5.92 Å². The fourth-order valence-electron chi connectivity index (χ4n) is 1.86. The van der Waals surface area contributed by atoms with E-state index in [1.54, 1.807) is 0 Å². The number of hydrogen-bond donors (Lipinski definition) is 0. The van der Waals surface area contributed by atoms with Crippen LogP contribution >= 0.6 is 63.7 Å². The van der Waals surface area contributed by atoms with Crippen molar-refractivity contribution in [3.63, 3.8) is 0 Å². The van der Waals surface area contributed by atoms with E-state index < -0.39 is 0 Å². The Labute approximate surface area is 120 Å². The lowest BCUT2D eigenvalue weighted by molar-refractivity contribution is 0.321. The summed E-state index contributed by atoms with van der Waals surface area (Å²) in [7, 11) is 0. The molecule has 0 bridgehead atoms. The van der Waals surface area contributed by atoms with Gasteiger partial charge in [-0.15, -0.1) is 0 Å². The predicted molar refractivity (Wildman–Crippen MR) is 78.5 cm³/mol. The fraction of sp³-hybridized carbons (Fsp3) is 1.00. The summed E-state index contributed by atoms with van der Waals surface area (Å²) in [5.41, 5.74) is 0. The minimum Gasteiger partial charge on any atom is -0.0875 e. The molecular weight excluding hydrogens is 440 g/mol. The number of halogens is 4. The van der Waals surface area contributed by atoms with Crippen LogP contribution in [0.1, 0.15) is 33.6 Å². The summed E-state index contributed by atoms with van der Waals surface area (Å²) in [6.07, 6.45) is 2.27. The highest BCUT2D eigenvalue weighted by molar-refractivity contribution is 9.13. The first-order chi connectivity index (χ1) is 6.20. The van der Waals surface area contributed by atoms with Crippen LogP contribution in [0, 0.1) is 5.92 Å². The van der Waals surface area contributed by atoms with Crippen LogP contribution in [0.5, 0.6) is 0 Å². The van der Waals surface area contributed by atoms with Crippen molar-refractivity contribution >= 4 is 63.7 Å². The third-order valence-electron chi connectivity index (χ3n) is 3.20. The van der Waals surface area contributed by atoms with Gasteiger partial charge in [0, 0.05) is 18.3 Å². The number of alkyl halides is 4. The van der Waals surface area contributed by atoms with Gasteiger partial charge in [-0.25, -0.2) is 0 Å². The molecule has 0 radical (unpaired) electrons. The highest BCUT2D eigenvalue weighted by atomic mass is 79.9.